The van der Waals surface area contributed by atoms with Gasteiger partial charge >= 0.3 is 12.1 Å². The number of benzene rings is 2. The number of pyridine rings is 1. The molecule has 0 saturated carbocycles. The summed E-state index contributed by atoms with van der Waals surface area (Å²) in [4.78, 5) is 29.7. The van der Waals surface area contributed by atoms with Crippen LogP contribution in [-0.2, 0) is 22.8 Å². The van der Waals surface area contributed by atoms with Crippen LogP contribution >= 0.6 is 0 Å². The third-order valence-electron chi connectivity index (χ3n) is 6.07. The summed E-state index contributed by atoms with van der Waals surface area (Å²) >= 11 is 0. The molecule has 0 aliphatic carbocycles. The van der Waals surface area contributed by atoms with Crippen LogP contribution in [0.5, 0.6) is 17.2 Å². The fourth-order valence-electron chi connectivity index (χ4n) is 3.93. The molecule has 0 aliphatic heterocycles. The maximum Gasteiger partial charge on any atom is 0.435 e. The van der Waals surface area contributed by atoms with Crippen LogP contribution in [0.3, 0.4) is 0 Å². The number of ether oxygens (including phenoxy) is 2. The maximum atomic E-state index is 13.5. The Morgan fingerprint density at radius 3 is 2.35 bits per heavy atom. The summed E-state index contributed by atoms with van der Waals surface area (Å²) in [7, 11) is 1.32. The van der Waals surface area contributed by atoms with E-state index < -0.39 is 40.6 Å². The Morgan fingerprint density at radius 2 is 1.73 bits per heavy atom. The molecule has 2 N–H and O–H groups in total. The highest BCUT2D eigenvalue weighted by molar-refractivity contribution is 6.06. The van der Waals surface area contributed by atoms with Crippen LogP contribution in [0.4, 0.5) is 13.2 Å². The molecule has 0 saturated heterocycles. The SMILES string of the molecule is CCOC(=O)C(C)(C)CNC(=O)c1nc(-c2cc(C(F)(F)F)nn2C)c2cc(Oc3ccccc3)ccc2c1O. The number of halogens is 3. The smallest absolute Gasteiger partial charge is 0.435 e. The first-order valence-corrected chi connectivity index (χ1v) is 12.3. The monoisotopic (exact) mass is 556 g/mol. The van der Waals surface area contributed by atoms with Crippen molar-refractivity contribution < 1.29 is 37.3 Å². The molecule has 2 aromatic heterocycles. The van der Waals surface area contributed by atoms with Crippen LogP contribution in [0.25, 0.3) is 22.2 Å². The van der Waals surface area contributed by atoms with Gasteiger partial charge in [-0.1, -0.05) is 18.2 Å². The largest absolute Gasteiger partial charge is 0.505 e. The van der Waals surface area contributed by atoms with Gasteiger partial charge in [-0.3, -0.25) is 14.3 Å². The number of alkyl halides is 3. The average Bonchev–Trinajstić information content (AvgIpc) is 3.30. The molecule has 0 aliphatic rings. The number of esters is 1. The van der Waals surface area contributed by atoms with Crippen LogP contribution in [0.1, 0.15) is 37.0 Å². The van der Waals surface area contributed by atoms with Gasteiger partial charge in [-0.05, 0) is 57.2 Å². The first kappa shape index (κ1) is 28.4. The van der Waals surface area contributed by atoms with Gasteiger partial charge in [0.25, 0.3) is 5.91 Å². The van der Waals surface area contributed by atoms with E-state index >= 15 is 0 Å². The molecule has 0 bridgehead atoms. The minimum Gasteiger partial charge on any atom is -0.505 e. The highest BCUT2D eigenvalue weighted by Gasteiger charge is 2.36. The van der Waals surface area contributed by atoms with Crippen LogP contribution in [-0.4, -0.2) is 44.9 Å². The van der Waals surface area contributed by atoms with Crippen LogP contribution in [0.2, 0.25) is 0 Å². The van der Waals surface area contributed by atoms with Crippen molar-refractivity contribution in [2.75, 3.05) is 13.2 Å². The minimum absolute atomic E-state index is 0.0355. The molecule has 12 heteroatoms. The van der Waals surface area contributed by atoms with Gasteiger partial charge in [0.2, 0.25) is 0 Å². The summed E-state index contributed by atoms with van der Waals surface area (Å²) in [5.74, 6) is -1.02. The number of nitrogens with one attached hydrogen (secondary N) is 1. The molecule has 0 fully saturated rings. The van der Waals surface area contributed by atoms with Gasteiger partial charge in [0.05, 0.1) is 23.4 Å². The van der Waals surface area contributed by atoms with E-state index in [0.717, 1.165) is 10.7 Å². The van der Waals surface area contributed by atoms with Gasteiger partial charge in [0.1, 0.15) is 11.5 Å². The number of aryl methyl sites for hydroxylation is 1. The summed E-state index contributed by atoms with van der Waals surface area (Å²) < 4.78 is 52.3. The molecule has 9 nitrogen and oxygen atoms in total. The van der Waals surface area contributed by atoms with E-state index in [9.17, 15) is 27.9 Å². The zero-order valence-corrected chi connectivity index (χ0v) is 22.2. The number of amides is 1. The third-order valence-corrected chi connectivity index (χ3v) is 6.07. The van der Waals surface area contributed by atoms with Gasteiger partial charge in [-0.15, -0.1) is 0 Å². The highest BCUT2D eigenvalue weighted by Crippen LogP contribution is 2.39. The second kappa shape index (κ2) is 10.9. The lowest BCUT2D eigenvalue weighted by molar-refractivity contribution is -0.153. The molecule has 2 heterocycles. The molecule has 4 aromatic rings. The van der Waals surface area contributed by atoms with Crippen molar-refractivity contribution in [2.45, 2.75) is 26.9 Å². The summed E-state index contributed by atoms with van der Waals surface area (Å²) in [6, 6.07) is 14.2. The van der Waals surface area contributed by atoms with Gasteiger partial charge in [-0.2, -0.15) is 18.3 Å². The van der Waals surface area contributed by atoms with Crippen LogP contribution in [0.15, 0.2) is 54.6 Å². The lowest BCUT2D eigenvalue weighted by Gasteiger charge is -2.22. The highest BCUT2D eigenvalue weighted by atomic mass is 19.4. The van der Waals surface area contributed by atoms with Crippen LogP contribution < -0.4 is 10.1 Å². The molecule has 2 aromatic carbocycles. The molecule has 4 rings (SSSR count). The number of hydrogen-bond acceptors (Lipinski definition) is 7. The molecule has 40 heavy (non-hydrogen) atoms. The number of aromatic hydroxyl groups is 1. The van der Waals surface area contributed by atoms with Crippen molar-refractivity contribution in [3.05, 3.63) is 66.0 Å². The van der Waals surface area contributed by atoms with Crippen molar-refractivity contribution in [3.8, 4) is 28.6 Å². The quantitative estimate of drug-likeness (QED) is 0.277. The Kier molecular flexibility index (Phi) is 7.72. The molecule has 0 spiro atoms. The molecular weight excluding hydrogens is 529 g/mol. The lowest BCUT2D eigenvalue weighted by atomic mass is 9.93. The summed E-state index contributed by atoms with van der Waals surface area (Å²) in [5, 5.41) is 17.5. The summed E-state index contributed by atoms with van der Waals surface area (Å²) in [5.41, 5.74) is -2.75. The molecule has 1 amide bonds. The van der Waals surface area contributed by atoms with E-state index in [-0.39, 0.29) is 35.3 Å². The van der Waals surface area contributed by atoms with E-state index in [1.54, 1.807) is 51.1 Å². The number of para-hydroxylation sites is 1. The zero-order valence-electron chi connectivity index (χ0n) is 22.2. The first-order chi connectivity index (χ1) is 18.8. The molecule has 210 valence electrons. The van der Waals surface area contributed by atoms with Crippen LogP contribution in [0, 0.1) is 5.41 Å². The Hall–Kier alpha value is -4.61. The number of rotatable bonds is 8. The standard InChI is InChI=1S/C28H27F3N4O5/c1-5-39-26(38)27(2,3)15-32-25(37)23-24(36)18-12-11-17(40-16-9-7-6-8-10-16)13-19(18)22(33-23)20-14-21(28(29,30)31)34-35(20)4/h6-14,36H,5,15H2,1-4H3,(H,32,37). The number of aromatic nitrogens is 3. The van der Waals surface area contributed by atoms with Gasteiger partial charge in [0, 0.05) is 24.4 Å². The zero-order chi connectivity index (χ0) is 29.2. The summed E-state index contributed by atoms with van der Waals surface area (Å²) in [6.45, 7) is 4.82. The second-order valence-corrected chi connectivity index (χ2v) is 9.60. The second-order valence-electron chi connectivity index (χ2n) is 9.60. The van der Waals surface area contributed by atoms with Gasteiger partial charge < -0.3 is 19.9 Å². The van der Waals surface area contributed by atoms with E-state index in [1.165, 1.54) is 19.2 Å². The molecule has 0 unspecified atom stereocenters. The predicted octanol–water partition coefficient (Wildman–Crippen LogP) is 5.47. The summed E-state index contributed by atoms with van der Waals surface area (Å²) in [6.07, 6.45) is -4.72. The van der Waals surface area contributed by atoms with E-state index in [2.05, 4.69) is 15.4 Å². The van der Waals surface area contributed by atoms with E-state index in [4.69, 9.17) is 9.47 Å². The van der Waals surface area contributed by atoms with E-state index in [1.807, 2.05) is 6.07 Å². The Balaban J connectivity index is 1.82. The lowest BCUT2D eigenvalue weighted by Crippen LogP contribution is -2.40. The van der Waals surface area contributed by atoms with E-state index in [0.29, 0.717) is 11.5 Å². The minimum atomic E-state index is -4.72. The topological polar surface area (TPSA) is 116 Å². The number of carbonyl (C=O) groups excluding carboxylic acids is 2. The maximum absolute atomic E-state index is 13.5. The Bertz CT molecular complexity index is 1570. The van der Waals surface area contributed by atoms with Gasteiger partial charge in [0.15, 0.2) is 17.1 Å². The normalized spacial score (nSPS) is 11.9. The van der Waals surface area contributed by atoms with Crippen molar-refractivity contribution in [1.29, 1.82) is 0 Å². The van der Waals surface area contributed by atoms with Crippen molar-refractivity contribution >= 4 is 22.6 Å². The average molecular weight is 557 g/mol. The van der Waals surface area contributed by atoms with Crippen molar-refractivity contribution in [1.82, 2.24) is 20.1 Å². The fraction of sp³-hybridized carbons (Fsp3) is 0.286. The number of hydrogen-bond donors (Lipinski definition) is 2. The molecule has 0 radical (unpaired) electrons. The fourth-order valence-corrected chi connectivity index (χ4v) is 3.93. The first-order valence-electron chi connectivity index (χ1n) is 12.3. The number of fused-ring (bicyclic) bond motifs is 1. The third kappa shape index (κ3) is 5.85. The predicted molar refractivity (Wildman–Crippen MR) is 140 cm³/mol. The molecular formula is C28H27F3N4O5. The molecule has 0 atom stereocenters. The Morgan fingerprint density at radius 1 is 1.02 bits per heavy atom. The Labute approximate surface area is 227 Å². The van der Waals surface area contributed by atoms with Gasteiger partial charge in [-0.25, -0.2) is 4.98 Å². The number of nitrogens with zero attached hydrogens (tertiary/aromatic N) is 3. The van der Waals surface area contributed by atoms with Crippen molar-refractivity contribution in [3.63, 3.8) is 0 Å². The number of carbonyl (C=O) groups is 2. The van der Waals surface area contributed by atoms with Crippen molar-refractivity contribution in [2.24, 2.45) is 12.5 Å².